The summed E-state index contributed by atoms with van der Waals surface area (Å²) in [6, 6.07) is 10.5. The van der Waals surface area contributed by atoms with Crippen molar-refractivity contribution in [1.29, 1.82) is 0 Å². The van der Waals surface area contributed by atoms with Gasteiger partial charge in [-0.15, -0.1) is 0 Å². The number of halogens is 1. The summed E-state index contributed by atoms with van der Waals surface area (Å²) in [7, 11) is 0. The van der Waals surface area contributed by atoms with E-state index in [2.05, 4.69) is 5.32 Å². The molecule has 35 heavy (non-hydrogen) atoms. The quantitative estimate of drug-likeness (QED) is 0.493. The number of hydrogen-bond acceptors (Lipinski definition) is 3. The lowest BCUT2D eigenvalue weighted by Crippen LogP contribution is -2.39. The number of aryl methyl sites for hydroxylation is 1. The van der Waals surface area contributed by atoms with Crippen LogP contribution in [0.3, 0.4) is 0 Å². The number of anilines is 1. The molecule has 0 saturated heterocycles. The van der Waals surface area contributed by atoms with Gasteiger partial charge in [-0.2, -0.15) is 0 Å². The standard InChI is InChI=1S/C29H35FN2O3/c1-7-20(8-2)25-12-10-23(18-26(25)30)31-27(33)24-11-9-22(17-19(24)3)21-13-15-32(16-14-21)28(34)35-29(4,5)6/h7,9-13,17-18H,8,14-16H2,1-6H3,(H,31,33)/b20-7+. The number of nitrogens with one attached hydrogen (secondary N) is 1. The highest BCUT2D eigenvalue weighted by Crippen LogP contribution is 2.27. The van der Waals surface area contributed by atoms with Crippen LogP contribution in [0.2, 0.25) is 0 Å². The molecular formula is C29H35FN2O3. The second-order valence-electron chi connectivity index (χ2n) is 9.75. The highest BCUT2D eigenvalue weighted by Gasteiger charge is 2.24. The van der Waals surface area contributed by atoms with Crippen molar-refractivity contribution in [3.05, 3.63) is 76.6 Å². The average molecular weight is 479 g/mol. The molecule has 1 aliphatic rings. The highest BCUT2D eigenvalue weighted by molar-refractivity contribution is 6.05. The van der Waals surface area contributed by atoms with Gasteiger partial charge in [-0.1, -0.05) is 31.2 Å². The molecule has 1 aliphatic heterocycles. The Morgan fingerprint density at radius 1 is 1.14 bits per heavy atom. The lowest BCUT2D eigenvalue weighted by atomic mass is 9.95. The molecule has 0 radical (unpaired) electrons. The van der Waals surface area contributed by atoms with E-state index in [9.17, 15) is 14.0 Å². The van der Waals surface area contributed by atoms with Crippen LogP contribution in [0.4, 0.5) is 14.9 Å². The molecule has 0 saturated carbocycles. The normalized spacial score (nSPS) is 14.4. The summed E-state index contributed by atoms with van der Waals surface area (Å²) in [5, 5.41) is 2.81. The monoisotopic (exact) mass is 478 g/mol. The Labute approximate surface area is 207 Å². The summed E-state index contributed by atoms with van der Waals surface area (Å²) in [5.41, 5.74) is 4.90. The maximum absolute atomic E-state index is 14.6. The van der Waals surface area contributed by atoms with Gasteiger partial charge >= 0.3 is 6.09 Å². The maximum atomic E-state index is 14.6. The van der Waals surface area contributed by atoms with Gasteiger partial charge < -0.3 is 15.0 Å². The smallest absolute Gasteiger partial charge is 0.410 e. The molecule has 6 heteroatoms. The summed E-state index contributed by atoms with van der Waals surface area (Å²) in [6.07, 6.45) is 5.07. The molecule has 2 aromatic rings. The molecule has 0 aliphatic carbocycles. The summed E-state index contributed by atoms with van der Waals surface area (Å²) in [6.45, 7) is 12.4. The number of ether oxygens (including phenoxy) is 1. The SMILES string of the molecule is C/C=C(\CC)c1ccc(NC(=O)c2ccc(C3=CCN(C(=O)OC(C)(C)C)CC3)cc2C)cc1F. The van der Waals surface area contributed by atoms with Gasteiger partial charge in [0.25, 0.3) is 5.91 Å². The van der Waals surface area contributed by atoms with E-state index >= 15 is 0 Å². The Morgan fingerprint density at radius 2 is 1.86 bits per heavy atom. The summed E-state index contributed by atoms with van der Waals surface area (Å²) in [5.74, 6) is -0.633. The second kappa shape index (κ2) is 10.9. The van der Waals surface area contributed by atoms with Gasteiger partial charge in [0.2, 0.25) is 0 Å². The van der Waals surface area contributed by atoms with Crippen LogP contribution in [0.15, 0.2) is 48.6 Å². The molecule has 3 rings (SSSR count). The number of carbonyl (C=O) groups is 2. The van der Waals surface area contributed by atoms with E-state index in [4.69, 9.17) is 4.74 Å². The maximum Gasteiger partial charge on any atom is 0.410 e. The summed E-state index contributed by atoms with van der Waals surface area (Å²) >= 11 is 0. The van der Waals surface area contributed by atoms with Gasteiger partial charge in [-0.25, -0.2) is 9.18 Å². The Morgan fingerprint density at radius 3 is 2.40 bits per heavy atom. The third-order valence-electron chi connectivity index (χ3n) is 6.00. The van der Waals surface area contributed by atoms with Crippen molar-refractivity contribution in [3.63, 3.8) is 0 Å². The van der Waals surface area contributed by atoms with Gasteiger partial charge in [-0.3, -0.25) is 4.79 Å². The Kier molecular flexibility index (Phi) is 8.15. The van der Waals surface area contributed by atoms with E-state index in [-0.39, 0.29) is 17.8 Å². The molecule has 0 unspecified atom stereocenters. The van der Waals surface area contributed by atoms with E-state index in [1.807, 2.05) is 65.8 Å². The predicted molar refractivity (Wildman–Crippen MR) is 140 cm³/mol. The molecular weight excluding hydrogens is 443 g/mol. The fourth-order valence-corrected chi connectivity index (χ4v) is 4.14. The second-order valence-corrected chi connectivity index (χ2v) is 9.75. The van der Waals surface area contributed by atoms with Crippen molar-refractivity contribution >= 4 is 28.8 Å². The molecule has 0 spiro atoms. The van der Waals surface area contributed by atoms with Crippen molar-refractivity contribution in [2.24, 2.45) is 0 Å². The zero-order chi connectivity index (χ0) is 25.8. The van der Waals surface area contributed by atoms with Crippen LogP contribution in [0.1, 0.15) is 74.5 Å². The molecule has 5 nitrogen and oxygen atoms in total. The van der Waals surface area contributed by atoms with Crippen molar-refractivity contribution in [2.75, 3.05) is 18.4 Å². The van der Waals surface area contributed by atoms with Gasteiger partial charge in [0.05, 0.1) is 0 Å². The van der Waals surface area contributed by atoms with Crippen molar-refractivity contribution < 1.29 is 18.7 Å². The first-order chi connectivity index (χ1) is 16.5. The Bertz CT molecular complexity index is 1170. The molecule has 2 amide bonds. The minimum absolute atomic E-state index is 0.281. The zero-order valence-electron chi connectivity index (χ0n) is 21.5. The van der Waals surface area contributed by atoms with E-state index in [0.717, 1.165) is 28.7 Å². The van der Waals surface area contributed by atoms with Crippen molar-refractivity contribution in [3.8, 4) is 0 Å². The van der Waals surface area contributed by atoms with Gasteiger partial charge in [0, 0.05) is 29.9 Å². The first kappa shape index (κ1) is 26.2. The fraction of sp³-hybridized carbons (Fsp3) is 0.379. The summed E-state index contributed by atoms with van der Waals surface area (Å²) < 4.78 is 20.0. The van der Waals surface area contributed by atoms with E-state index < -0.39 is 5.60 Å². The number of allylic oxidation sites excluding steroid dienone is 2. The molecule has 2 aromatic carbocycles. The van der Waals surface area contributed by atoms with Crippen LogP contribution in [-0.4, -0.2) is 35.6 Å². The number of rotatable bonds is 5. The first-order valence-corrected chi connectivity index (χ1v) is 12.1. The van der Waals surface area contributed by atoms with E-state index in [1.165, 1.54) is 6.07 Å². The van der Waals surface area contributed by atoms with Crippen molar-refractivity contribution in [1.82, 2.24) is 4.90 Å². The van der Waals surface area contributed by atoms with Gasteiger partial charge in [0.1, 0.15) is 11.4 Å². The Balaban J connectivity index is 1.69. The lowest BCUT2D eigenvalue weighted by molar-refractivity contribution is 0.0270. The minimum atomic E-state index is -0.520. The lowest BCUT2D eigenvalue weighted by Gasteiger charge is -2.29. The number of amides is 2. The van der Waals surface area contributed by atoms with Crippen LogP contribution in [0.25, 0.3) is 11.1 Å². The van der Waals surface area contributed by atoms with Crippen LogP contribution in [-0.2, 0) is 4.74 Å². The molecule has 1 N–H and O–H groups in total. The number of hydrogen-bond donors (Lipinski definition) is 1. The van der Waals surface area contributed by atoms with E-state index in [0.29, 0.717) is 36.3 Å². The fourth-order valence-electron chi connectivity index (χ4n) is 4.14. The topological polar surface area (TPSA) is 58.6 Å². The predicted octanol–water partition coefficient (Wildman–Crippen LogP) is 7.22. The number of carbonyl (C=O) groups excluding carboxylic acids is 2. The minimum Gasteiger partial charge on any atom is -0.444 e. The molecule has 0 aromatic heterocycles. The number of nitrogens with zero attached hydrogens (tertiary/aromatic N) is 1. The average Bonchev–Trinajstić information content (AvgIpc) is 2.80. The molecule has 186 valence electrons. The van der Waals surface area contributed by atoms with Crippen LogP contribution in [0.5, 0.6) is 0 Å². The van der Waals surface area contributed by atoms with Crippen LogP contribution < -0.4 is 5.32 Å². The van der Waals surface area contributed by atoms with Crippen molar-refractivity contribution in [2.45, 2.75) is 60.0 Å². The highest BCUT2D eigenvalue weighted by atomic mass is 19.1. The van der Waals surface area contributed by atoms with E-state index in [1.54, 1.807) is 23.1 Å². The van der Waals surface area contributed by atoms with Crippen LogP contribution >= 0.6 is 0 Å². The molecule has 1 heterocycles. The van der Waals surface area contributed by atoms with Crippen LogP contribution in [0, 0.1) is 12.7 Å². The molecule has 0 atom stereocenters. The third-order valence-corrected chi connectivity index (χ3v) is 6.00. The molecule has 0 fully saturated rings. The zero-order valence-corrected chi connectivity index (χ0v) is 21.5. The molecule has 0 bridgehead atoms. The number of benzene rings is 2. The Hall–Kier alpha value is -3.41. The third kappa shape index (κ3) is 6.59. The first-order valence-electron chi connectivity index (χ1n) is 12.1. The van der Waals surface area contributed by atoms with Gasteiger partial charge in [0.15, 0.2) is 0 Å². The summed E-state index contributed by atoms with van der Waals surface area (Å²) in [4.78, 5) is 26.9. The van der Waals surface area contributed by atoms with Gasteiger partial charge in [-0.05, 0) is 94.0 Å². The largest absolute Gasteiger partial charge is 0.444 e.